The molecule has 1 aliphatic heterocycles. The first kappa shape index (κ1) is 72.1. The molecule has 0 aromatic carbocycles. The summed E-state index contributed by atoms with van der Waals surface area (Å²) in [6.45, 7) is 5.68. The lowest BCUT2D eigenvalue weighted by Gasteiger charge is -2.40. The minimum Gasteiger partial charge on any atom is -0.479 e. The molecule has 12 heteroatoms. The number of carbonyl (C=O) groups excluding carboxylic acids is 3. The molecule has 1 aliphatic rings. The standard InChI is InChI=1S/C67H106O12/c1-4-7-10-13-16-19-22-25-28-29-30-31-34-35-38-41-44-47-50-53-59(68)75-56-58(77-60(69)54-51-48-45-42-39-36-32-26-23-20-17-14-11-8-5-2)57-76-67-65(63(72)62(71)64(79-67)66(73)74)78-61(70)55-52-49-46-43-40-37-33-27-24-21-18-15-12-9-6-3/h8-9,11-12,16-21,25-28,32-33,39-40,42-43,58,62-65,67,71-72H,4-7,10,13-15,22-24,29-31,34-38,41,44-57H2,1-3H3,(H,73,74)/b11-8-,12-9-,19-16-,20-17-,21-18-,28-25-,32-26-,33-27-,42-39-,43-40-. The number of rotatable bonds is 50. The molecule has 6 atom stereocenters. The zero-order valence-electron chi connectivity index (χ0n) is 49.1. The number of hydrogen-bond donors (Lipinski definition) is 3. The van der Waals surface area contributed by atoms with Crippen LogP contribution in [0.4, 0.5) is 0 Å². The van der Waals surface area contributed by atoms with E-state index < -0.39 is 67.3 Å². The van der Waals surface area contributed by atoms with E-state index in [4.69, 9.17) is 23.7 Å². The number of unbranched alkanes of at least 4 members (excludes halogenated alkanes) is 16. The fourth-order valence-electron chi connectivity index (χ4n) is 8.38. The average Bonchev–Trinajstić information content (AvgIpc) is 3.46. The highest BCUT2D eigenvalue weighted by molar-refractivity contribution is 5.74. The maximum absolute atomic E-state index is 13.1. The molecule has 0 aromatic heterocycles. The van der Waals surface area contributed by atoms with Gasteiger partial charge in [-0.15, -0.1) is 0 Å². The van der Waals surface area contributed by atoms with Crippen LogP contribution in [-0.2, 0) is 42.9 Å². The van der Waals surface area contributed by atoms with Crippen LogP contribution in [0, 0.1) is 0 Å². The van der Waals surface area contributed by atoms with Crippen molar-refractivity contribution in [3.8, 4) is 0 Å². The smallest absolute Gasteiger partial charge is 0.335 e. The summed E-state index contributed by atoms with van der Waals surface area (Å²) in [5, 5.41) is 31.5. The van der Waals surface area contributed by atoms with Crippen LogP contribution in [0.2, 0.25) is 0 Å². The Labute approximate surface area is 478 Å². The van der Waals surface area contributed by atoms with E-state index in [-0.39, 0.29) is 25.9 Å². The Morgan fingerprint density at radius 3 is 1.24 bits per heavy atom. The lowest BCUT2D eigenvalue weighted by molar-refractivity contribution is -0.301. The maximum atomic E-state index is 13.1. The number of carbonyl (C=O) groups is 4. The normalized spacial score (nSPS) is 18.7. The van der Waals surface area contributed by atoms with Crippen molar-refractivity contribution in [3.05, 3.63) is 122 Å². The summed E-state index contributed by atoms with van der Waals surface area (Å²) in [6.07, 6.45) is 61.7. The molecule has 79 heavy (non-hydrogen) atoms. The van der Waals surface area contributed by atoms with Gasteiger partial charge in [0.25, 0.3) is 0 Å². The SMILES string of the molecule is CC/C=C\C/C=C\C/C=C\C/C=C\CCCCC(=O)OC(COC(=O)CCCCCCCCCCC/C=C\C/C=C\CCCCC)COC1OC(C(=O)O)C(O)C(O)C1OC(=O)CCCC/C=C\C/C=C\C/C=C\C/C=C\CC. The molecular weight excluding hydrogens is 997 g/mol. The van der Waals surface area contributed by atoms with E-state index >= 15 is 0 Å². The largest absolute Gasteiger partial charge is 0.479 e. The minimum absolute atomic E-state index is 0.00334. The van der Waals surface area contributed by atoms with Gasteiger partial charge >= 0.3 is 23.9 Å². The van der Waals surface area contributed by atoms with Gasteiger partial charge < -0.3 is 39.0 Å². The predicted octanol–water partition coefficient (Wildman–Crippen LogP) is 16.0. The molecule has 6 unspecified atom stereocenters. The van der Waals surface area contributed by atoms with Gasteiger partial charge in [0.15, 0.2) is 24.6 Å². The molecule has 1 rings (SSSR count). The fraction of sp³-hybridized carbons (Fsp3) is 0.642. The van der Waals surface area contributed by atoms with E-state index in [0.717, 1.165) is 103 Å². The number of carboxylic acids is 1. The van der Waals surface area contributed by atoms with Crippen LogP contribution >= 0.6 is 0 Å². The average molecular weight is 1100 g/mol. The van der Waals surface area contributed by atoms with Gasteiger partial charge in [0, 0.05) is 19.3 Å². The first-order valence-corrected chi connectivity index (χ1v) is 30.5. The summed E-state index contributed by atoms with van der Waals surface area (Å²) in [4.78, 5) is 51.2. The van der Waals surface area contributed by atoms with E-state index in [1.807, 2.05) is 0 Å². The number of aliphatic hydroxyl groups is 2. The van der Waals surface area contributed by atoms with Gasteiger partial charge in [-0.3, -0.25) is 14.4 Å². The number of carboxylic acid groups (broad SMARTS) is 1. The van der Waals surface area contributed by atoms with Crippen molar-refractivity contribution in [3.63, 3.8) is 0 Å². The van der Waals surface area contributed by atoms with Crippen LogP contribution in [-0.4, -0.2) is 89.2 Å². The number of esters is 3. The van der Waals surface area contributed by atoms with Crippen molar-refractivity contribution in [1.82, 2.24) is 0 Å². The van der Waals surface area contributed by atoms with E-state index in [0.29, 0.717) is 25.7 Å². The van der Waals surface area contributed by atoms with Gasteiger partial charge in [-0.1, -0.05) is 200 Å². The molecule has 0 spiro atoms. The van der Waals surface area contributed by atoms with Gasteiger partial charge in [0.1, 0.15) is 18.8 Å². The van der Waals surface area contributed by atoms with Gasteiger partial charge in [-0.2, -0.15) is 0 Å². The molecule has 0 radical (unpaired) electrons. The monoisotopic (exact) mass is 1100 g/mol. The topological polar surface area (TPSA) is 175 Å². The van der Waals surface area contributed by atoms with Crippen LogP contribution in [0.5, 0.6) is 0 Å². The summed E-state index contributed by atoms with van der Waals surface area (Å²) in [5.41, 5.74) is 0. The Hall–Kier alpha value is -4.88. The number of aliphatic hydroxyl groups excluding tert-OH is 2. The van der Waals surface area contributed by atoms with Crippen LogP contribution in [0.1, 0.15) is 226 Å². The zero-order valence-corrected chi connectivity index (χ0v) is 49.1. The second-order valence-electron chi connectivity index (χ2n) is 20.2. The van der Waals surface area contributed by atoms with Gasteiger partial charge in [-0.05, 0) is 128 Å². The maximum Gasteiger partial charge on any atom is 0.335 e. The van der Waals surface area contributed by atoms with Crippen molar-refractivity contribution in [1.29, 1.82) is 0 Å². The molecule has 0 amide bonds. The second kappa shape index (κ2) is 53.7. The Morgan fingerprint density at radius 1 is 0.430 bits per heavy atom. The van der Waals surface area contributed by atoms with Gasteiger partial charge in [0.05, 0.1) is 6.61 Å². The van der Waals surface area contributed by atoms with E-state index in [2.05, 4.69) is 142 Å². The molecule has 0 aromatic rings. The number of hydrogen-bond acceptors (Lipinski definition) is 11. The molecule has 1 saturated heterocycles. The lowest BCUT2D eigenvalue weighted by Crippen LogP contribution is -2.61. The molecule has 0 aliphatic carbocycles. The van der Waals surface area contributed by atoms with E-state index in [9.17, 15) is 34.5 Å². The third kappa shape index (κ3) is 43.6. The van der Waals surface area contributed by atoms with Gasteiger partial charge in [-0.25, -0.2) is 4.79 Å². The van der Waals surface area contributed by atoms with Crippen LogP contribution in [0.3, 0.4) is 0 Å². The molecular formula is C67H106O12. The Bertz CT molecular complexity index is 1840. The van der Waals surface area contributed by atoms with Crippen molar-refractivity contribution in [2.75, 3.05) is 13.2 Å². The highest BCUT2D eigenvalue weighted by Crippen LogP contribution is 2.26. The Balaban J connectivity index is 2.73. The van der Waals surface area contributed by atoms with Crippen molar-refractivity contribution in [2.45, 2.75) is 263 Å². The lowest BCUT2D eigenvalue weighted by atomic mass is 9.98. The first-order valence-electron chi connectivity index (χ1n) is 30.5. The van der Waals surface area contributed by atoms with E-state index in [1.54, 1.807) is 0 Å². The Morgan fingerprint density at radius 2 is 0.797 bits per heavy atom. The van der Waals surface area contributed by atoms with Gasteiger partial charge in [0.2, 0.25) is 0 Å². The quantitative estimate of drug-likeness (QED) is 0.0228. The molecule has 12 nitrogen and oxygen atoms in total. The zero-order chi connectivity index (χ0) is 57.5. The third-order valence-corrected chi connectivity index (χ3v) is 13.0. The third-order valence-electron chi connectivity index (χ3n) is 13.0. The van der Waals surface area contributed by atoms with E-state index in [1.165, 1.54) is 57.8 Å². The number of allylic oxidation sites excluding steroid dienone is 20. The minimum atomic E-state index is -1.93. The summed E-state index contributed by atoms with van der Waals surface area (Å²) >= 11 is 0. The second-order valence-corrected chi connectivity index (χ2v) is 20.2. The van der Waals surface area contributed by atoms with Crippen molar-refractivity contribution >= 4 is 23.9 Å². The highest BCUT2D eigenvalue weighted by atomic mass is 16.7. The van der Waals surface area contributed by atoms with Crippen LogP contribution in [0.25, 0.3) is 0 Å². The number of aliphatic carboxylic acids is 1. The summed E-state index contributed by atoms with van der Waals surface area (Å²) < 4.78 is 28.4. The van der Waals surface area contributed by atoms with Crippen molar-refractivity contribution in [2.24, 2.45) is 0 Å². The summed E-state index contributed by atoms with van der Waals surface area (Å²) in [7, 11) is 0. The molecule has 1 heterocycles. The summed E-state index contributed by atoms with van der Waals surface area (Å²) in [5.74, 6) is -3.25. The number of ether oxygens (including phenoxy) is 5. The molecule has 0 saturated carbocycles. The molecule has 3 N–H and O–H groups in total. The molecule has 0 bridgehead atoms. The predicted molar refractivity (Wildman–Crippen MR) is 321 cm³/mol. The first-order chi connectivity index (χ1) is 38.6. The van der Waals surface area contributed by atoms with Crippen LogP contribution in [0.15, 0.2) is 122 Å². The summed E-state index contributed by atoms with van der Waals surface area (Å²) in [6, 6.07) is 0. The van der Waals surface area contributed by atoms with Crippen LogP contribution < -0.4 is 0 Å². The Kier molecular flexibility index (Phi) is 49.1. The van der Waals surface area contributed by atoms with Crippen molar-refractivity contribution < 1.29 is 58.2 Å². The molecule has 1 fully saturated rings. The molecule has 446 valence electrons. The highest BCUT2D eigenvalue weighted by Gasteiger charge is 2.50. The fourth-order valence-corrected chi connectivity index (χ4v) is 8.38.